The number of hydrogen-bond acceptors (Lipinski definition) is 4. The van der Waals surface area contributed by atoms with Gasteiger partial charge >= 0.3 is 0 Å². The number of ether oxygens (including phenoxy) is 1. The highest BCUT2D eigenvalue weighted by atomic mass is 16.5. The fraction of sp³-hybridized carbons (Fsp3) is 0.458. The van der Waals surface area contributed by atoms with E-state index in [1.54, 1.807) is 0 Å². The van der Waals surface area contributed by atoms with Gasteiger partial charge in [0.25, 0.3) is 0 Å². The molecule has 1 aromatic carbocycles. The van der Waals surface area contributed by atoms with Gasteiger partial charge in [-0.25, -0.2) is 4.98 Å². The maximum Gasteiger partial charge on any atom is 0.182 e. The van der Waals surface area contributed by atoms with Gasteiger partial charge in [0.15, 0.2) is 5.78 Å². The topological polar surface area (TPSA) is 66.3 Å². The van der Waals surface area contributed by atoms with Gasteiger partial charge in [0.1, 0.15) is 17.3 Å². The lowest BCUT2D eigenvalue weighted by molar-refractivity contribution is 0.0962. The van der Waals surface area contributed by atoms with Crippen molar-refractivity contribution in [1.82, 2.24) is 9.88 Å². The summed E-state index contributed by atoms with van der Waals surface area (Å²) in [7, 11) is 0. The van der Waals surface area contributed by atoms with Crippen LogP contribution in [0.4, 0.5) is 0 Å². The number of aromatic nitrogens is 1. The lowest BCUT2D eigenvalue weighted by Crippen LogP contribution is -2.31. The summed E-state index contributed by atoms with van der Waals surface area (Å²) in [6.45, 7) is 14.0. The van der Waals surface area contributed by atoms with E-state index in [9.17, 15) is 4.79 Å². The number of hydrogen-bond donors (Lipinski definition) is 1. The molecule has 0 saturated heterocycles. The number of carbonyl (C=O) groups is 1. The van der Waals surface area contributed by atoms with Crippen molar-refractivity contribution in [2.24, 2.45) is 0 Å². The Morgan fingerprint density at radius 1 is 1.28 bits per heavy atom. The van der Waals surface area contributed by atoms with Crippen LogP contribution in [0.1, 0.15) is 73.1 Å². The zero-order valence-electron chi connectivity index (χ0n) is 18.1. The molecule has 3 heterocycles. The zero-order valence-corrected chi connectivity index (χ0v) is 18.1. The molecule has 0 atom stereocenters. The van der Waals surface area contributed by atoms with Crippen molar-refractivity contribution in [2.45, 2.75) is 58.9 Å². The number of nitrogens with one attached hydrogen (secondary N) is 1. The summed E-state index contributed by atoms with van der Waals surface area (Å²) in [6.07, 6.45) is 0. The number of amidine groups is 1. The van der Waals surface area contributed by atoms with Crippen molar-refractivity contribution >= 4 is 11.6 Å². The molecule has 5 nitrogen and oxygen atoms in total. The van der Waals surface area contributed by atoms with E-state index >= 15 is 0 Å². The van der Waals surface area contributed by atoms with Crippen LogP contribution in [-0.4, -0.2) is 34.7 Å². The molecular weight excluding hydrogens is 362 g/mol. The van der Waals surface area contributed by atoms with Gasteiger partial charge in [-0.1, -0.05) is 40.7 Å². The molecule has 2 aliphatic heterocycles. The normalized spacial score (nSPS) is 17.2. The molecule has 0 unspecified atom stereocenters. The van der Waals surface area contributed by atoms with E-state index in [1.807, 2.05) is 36.1 Å². The highest BCUT2D eigenvalue weighted by Gasteiger charge is 2.37. The maximum atomic E-state index is 13.3. The maximum absolute atomic E-state index is 13.3. The first kappa shape index (κ1) is 19.6. The lowest BCUT2D eigenvalue weighted by Gasteiger charge is -2.24. The number of benzene rings is 1. The number of fused-ring (bicyclic) bond motifs is 2. The molecule has 4 rings (SSSR count). The van der Waals surface area contributed by atoms with Gasteiger partial charge in [-0.15, -0.1) is 0 Å². The van der Waals surface area contributed by atoms with Crippen LogP contribution in [-0.2, 0) is 17.4 Å². The molecule has 0 saturated carbocycles. The van der Waals surface area contributed by atoms with Crippen molar-refractivity contribution in [3.05, 3.63) is 57.9 Å². The van der Waals surface area contributed by atoms with E-state index < -0.39 is 0 Å². The quantitative estimate of drug-likeness (QED) is 0.789. The molecule has 2 aliphatic rings. The fourth-order valence-electron chi connectivity index (χ4n) is 4.09. The third-order valence-electron chi connectivity index (χ3n) is 5.88. The minimum atomic E-state index is -0.126. The molecule has 2 aromatic rings. The Kier molecular flexibility index (Phi) is 4.34. The number of rotatable bonds is 3. The number of nitrogens with zero attached hydrogens (tertiary/aromatic N) is 2. The molecular formula is C24H29N3O2. The Hall–Kier alpha value is -2.69. The van der Waals surface area contributed by atoms with Gasteiger partial charge < -0.3 is 9.64 Å². The Labute approximate surface area is 172 Å². The second kappa shape index (κ2) is 6.41. The van der Waals surface area contributed by atoms with Crippen LogP contribution in [0.15, 0.2) is 24.3 Å². The van der Waals surface area contributed by atoms with E-state index in [0.29, 0.717) is 30.2 Å². The molecule has 0 bridgehead atoms. The van der Waals surface area contributed by atoms with Crippen LogP contribution in [0, 0.1) is 12.3 Å². The van der Waals surface area contributed by atoms with Crippen molar-refractivity contribution in [3.8, 4) is 5.75 Å². The largest absolute Gasteiger partial charge is 0.492 e. The molecule has 0 amide bonds. The standard InChI is InChI=1S/C24H29N3O2/c1-14-7-8-15-11-27(22(25)20(15)26-14)12-19(28)16-9-17(23(2,3)4)21-18(10-16)24(5,6)13-29-21/h7-10,25H,11-13H2,1-6H3. The third kappa shape index (κ3) is 3.33. The Bertz CT molecular complexity index is 1030. The highest BCUT2D eigenvalue weighted by Crippen LogP contribution is 2.45. The predicted molar refractivity (Wildman–Crippen MR) is 114 cm³/mol. The van der Waals surface area contributed by atoms with Gasteiger partial charge in [-0.3, -0.25) is 10.2 Å². The number of aryl methyl sites for hydroxylation is 1. The van der Waals surface area contributed by atoms with Crippen LogP contribution in [0.5, 0.6) is 5.75 Å². The first-order valence-corrected chi connectivity index (χ1v) is 10.1. The molecule has 5 heteroatoms. The smallest absolute Gasteiger partial charge is 0.182 e. The molecule has 152 valence electrons. The van der Waals surface area contributed by atoms with Crippen LogP contribution >= 0.6 is 0 Å². The second-order valence-electron chi connectivity index (χ2n) is 9.91. The van der Waals surface area contributed by atoms with Crippen LogP contribution in [0.3, 0.4) is 0 Å². The summed E-state index contributed by atoms with van der Waals surface area (Å²) in [5.41, 5.74) is 5.20. The van der Waals surface area contributed by atoms with Crippen molar-refractivity contribution in [3.63, 3.8) is 0 Å². The average molecular weight is 392 g/mol. The molecule has 0 fully saturated rings. The summed E-state index contributed by atoms with van der Waals surface area (Å²) < 4.78 is 6.05. The summed E-state index contributed by atoms with van der Waals surface area (Å²) in [4.78, 5) is 19.5. The van der Waals surface area contributed by atoms with Crippen LogP contribution in [0.25, 0.3) is 0 Å². The number of carbonyl (C=O) groups excluding carboxylic acids is 1. The van der Waals surface area contributed by atoms with Gasteiger partial charge in [0.05, 0.1) is 13.2 Å². The van der Waals surface area contributed by atoms with E-state index in [1.165, 1.54) is 0 Å². The van der Waals surface area contributed by atoms with E-state index in [0.717, 1.165) is 28.1 Å². The van der Waals surface area contributed by atoms with Gasteiger partial charge in [0, 0.05) is 39.9 Å². The highest BCUT2D eigenvalue weighted by molar-refractivity contribution is 6.04. The first-order valence-electron chi connectivity index (χ1n) is 10.1. The Balaban J connectivity index is 1.66. The number of ketones is 1. The number of pyridine rings is 1. The molecule has 0 spiro atoms. The monoisotopic (exact) mass is 391 g/mol. The summed E-state index contributed by atoms with van der Waals surface area (Å²) >= 11 is 0. The predicted octanol–water partition coefficient (Wildman–Crippen LogP) is 4.38. The lowest BCUT2D eigenvalue weighted by atomic mass is 9.79. The van der Waals surface area contributed by atoms with Crippen molar-refractivity contribution in [1.29, 1.82) is 5.41 Å². The Morgan fingerprint density at radius 2 is 2.00 bits per heavy atom. The summed E-state index contributed by atoms with van der Waals surface area (Å²) in [5, 5.41) is 8.46. The number of Topliss-reactive ketones (excluding diaryl/α,β-unsaturated/α-hetero) is 1. The molecule has 0 aliphatic carbocycles. The first-order chi connectivity index (χ1) is 13.5. The average Bonchev–Trinajstić information content (AvgIpc) is 3.10. The van der Waals surface area contributed by atoms with Crippen LogP contribution < -0.4 is 4.74 Å². The van der Waals surface area contributed by atoms with Gasteiger partial charge in [0.2, 0.25) is 0 Å². The second-order valence-corrected chi connectivity index (χ2v) is 9.91. The van der Waals surface area contributed by atoms with Crippen molar-refractivity contribution < 1.29 is 9.53 Å². The van der Waals surface area contributed by atoms with E-state index in [-0.39, 0.29) is 23.2 Å². The van der Waals surface area contributed by atoms with Crippen LogP contribution in [0.2, 0.25) is 0 Å². The summed E-state index contributed by atoms with van der Waals surface area (Å²) in [6, 6.07) is 7.94. The van der Waals surface area contributed by atoms with E-state index in [4.69, 9.17) is 10.1 Å². The SMILES string of the molecule is Cc1ccc2c(n1)C(=N)N(CC(=O)c1cc(C(C)(C)C)c3c(c1)C(C)(C)CO3)C2. The molecule has 29 heavy (non-hydrogen) atoms. The fourth-order valence-corrected chi connectivity index (χ4v) is 4.09. The molecule has 1 aromatic heterocycles. The summed E-state index contributed by atoms with van der Waals surface area (Å²) in [5.74, 6) is 1.29. The minimum Gasteiger partial charge on any atom is -0.492 e. The van der Waals surface area contributed by atoms with Gasteiger partial charge in [-0.2, -0.15) is 0 Å². The minimum absolute atomic E-state index is 0.0234. The zero-order chi connectivity index (χ0) is 21.1. The third-order valence-corrected chi connectivity index (χ3v) is 5.88. The molecule has 1 N–H and O–H groups in total. The molecule has 0 radical (unpaired) electrons. The van der Waals surface area contributed by atoms with Gasteiger partial charge in [-0.05, 0) is 30.5 Å². The van der Waals surface area contributed by atoms with Crippen molar-refractivity contribution in [2.75, 3.05) is 13.2 Å². The van der Waals surface area contributed by atoms with E-state index in [2.05, 4.69) is 39.6 Å². The Morgan fingerprint density at radius 3 is 2.69 bits per heavy atom.